The standard InChI is InChI=1S/C15H12ClF2NO2/c1-21-15(20)14(10-8-9(16)6-7-11(10)17)19-13-5-3-2-4-12(13)18/h2-8,14,19H,1H3. The van der Waals surface area contributed by atoms with Crippen molar-refractivity contribution in [2.75, 3.05) is 12.4 Å². The molecule has 6 heteroatoms. The number of halogens is 3. The van der Waals surface area contributed by atoms with Gasteiger partial charge in [0.15, 0.2) is 6.04 Å². The molecule has 2 aromatic carbocycles. The van der Waals surface area contributed by atoms with Gasteiger partial charge in [0.2, 0.25) is 0 Å². The van der Waals surface area contributed by atoms with Gasteiger partial charge in [0.05, 0.1) is 12.8 Å². The maximum atomic E-state index is 13.9. The van der Waals surface area contributed by atoms with Gasteiger partial charge in [0, 0.05) is 10.6 Å². The molecule has 0 saturated heterocycles. The fourth-order valence-electron chi connectivity index (χ4n) is 1.85. The zero-order chi connectivity index (χ0) is 15.4. The second-order valence-corrected chi connectivity index (χ2v) is 4.68. The lowest BCUT2D eigenvalue weighted by molar-refractivity contribution is -0.141. The number of esters is 1. The van der Waals surface area contributed by atoms with Crippen LogP contribution in [0.25, 0.3) is 0 Å². The lowest BCUT2D eigenvalue weighted by atomic mass is 10.1. The van der Waals surface area contributed by atoms with Crippen LogP contribution < -0.4 is 5.32 Å². The number of benzene rings is 2. The van der Waals surface area contributed by atoms with Crippen LogP contribution in [-0.2, 0) is 9.53 Å². The summed E-state index contributed by atoms with van der Waals surface area (Å²) in [5.41, 5.74) is 0.0462. The predicted molar refractivity (Wildman–Crippen MR) is 76.2 cm³/mol. The number of carbonyl (C=O) groups excluding carboxylic acids is 1. The molecule has 0 aliphatic carbocycles. The summed E-state index contributed by atoms with van der Waals surface area (Å²) in [6, 6.07) is 8.35. The second kappa shape index (κ2) is 6.54. The quantitative estimate of drug-likeness (QED) is 0.869. The number of nitrogens with one attached hydrogen (secondary N) is 1. The van der Waals surface area contributed by atoms with E-state index in [0.29, 0.717) is 0 Å². The van der Waals surface area contributed by atoms with Gasteiger partial charge in [-0.1, -0.05) is 23.7 Å². The molecule has 2 aromatic rings. The summed E-state index contributed by atoms with van der Waals surface area (Å²) in [5.74, 6) is -1.95. The van der Waals surface area contributed by atoms with Crippen LogP contribution >= 0.6 is 11.6 Å². The Balaban J connectivity index is 2.42. The number of para-hydroxylation sites is 1. The van der Waals surface area contributed by atoms with Crippen LogP contribution in [-0.4, -0.2) is 13.1 Å². The van der Waals surface area contributed by atoms with Crippen LogP contribution in [0.3, 0.4) is 0 Å². The predicted octanol–water partition coefficient (Wildman–Crippen LogP) is 3.94. The molecule has 110 valence electrons. The molecule has 0 saturated carbocycles. The molecule has 0 bridgehead atoms. The first-order valence-electron chi connectivity index (χ1n) is 6.06. The Hall–Kier alpha value is -2.14. The van der Waals surface area contributed by atoms with Gasteiger partial charge in [0.25, 0.3) is 0 Å². The Morgan fingerprint density at radius 1 is 1.19 bits per heavy atom. The minimum Gasteiger partial charge on any atom is -0.467 e. The van der Waals surface area contributed by atoms with E-state index in [0.717, 1.165) is 6.07 Å². The van der Waals surface area contributed by atoms with Gasteiger partial charge in [0.1, 0.15) is 11.6 Å². The Morgan fingerprint density at radius 2 is 1.90 bits per heavy atom. The Bertz CT molecular complexity index is 664. The van der Waals surface area contributed by atoms with Crippen LogP contribution in [0.4, 0.5) is 14.5 Å². The molecule has 0 heterocycles. The van der Waals surface area contributed by atoms with E-state index in [1.165, 1.54) is 37.4 Å². The van der Waals surface area contributed by atoms with Gasteiger partial charge in [-0.3, -0.25) is 0 Å². The first kappa shape index (κ1) is 15.3. The minimum atomic E-state index is -1.20. The molecule has 1 atom stereocenters. The maximum Gasteiger partial charge on any atom is 0.333 e. The molecule has 1 unspecified atom stereocenters. The SMILES string of the molecule is COC(=O)C(Nc1ccccc1F)c1cc(Cl)ccc1F. The van der Waals surface area contributed by atoms with E-state index in [4.69, 9.17) is 11.6 Å². The molecule has 0 aliphatic rings. The average molecular weight is 312 g/mol. The van der Waals surface area contributed by atoms with Gasteiger partial charge in [-0.25, -0.2) is 13.6 Å². The third kappa shape index (κ3) is 3.49. The third-order valence-corrected chi connectivity index (χ3v) is 3.11. The fraction of sp³-hybridized carbons (Fsp3) is 0.133. The summed E-state index contributed by atoms with van der Waals surface area (Å²) >= 11 is 5.82. The van der Waals surface area contributed by atoms with E-state index in [1.807, 2.05) is 0 Å². The van der Waals surface area contributed by atoms with Gasteiger partial charge in [-0.15, -0.1) is 0 Å². The average Bonchev–Trinajstić information content (AvgIpc) is 2.48. The molecule has 21 heavy (non-hydrogen) atoms. The summed E-state index contributed by atoms with van der Waals surface area (Å²) in [6.45, 7) is 0. The van der Waals surface area contributed by atoms with Crippen molar-refractivity contribution >= 4 is 23.3 Å². The molecule has 0 amide bonds. The summed E-state index contributed by atoms with van der Waals surface area (Å²) in [4.78, 5) is 11.9. The highest BCUT2D eigenvalue weighted by molar-refractivity contribution is 6.30. The number of rotatable bonds is 4. The first-order chi connectivity index (χ1) is 10.0. The van der Waals surface area contributed by atoms with Crippen LogP contribution in [0.5, 0.6) is 0 Å². The van der Waals surface area contributed by atoms with Crippen LogP contribution in [0.1, 0.15) is 11.6 Å². The molecule has 0 radical (unpaired) electrons. The van der Waals surface area contributed by atoms with E-state index in [2.05, 4.69) is 10.1 Å². The van der Waals surface area contributed by atoms with Gasteiger partial charge < -0.3 is 10.1 Å². The van der Waals surface area contributed by atoms with Crippen LogP contribution in [0.15, 0.2) is 42.5 Å². The highest BCUT2D eigenvalue weighted by Gasteiger charge is 2.25. The molecule has 2 rings (SSSR count). The minimum absolute atomic E-state index is 0.0161. The molecule has 0 spiro atoms. The van der Waals surface area contributed by atoms with Crippen molar-refractivity contribution in [3.8, 4) is 0 Å². The van der Waals surface area contributed by atoms with Crippen molar-refractivity contribution in [2.45, 2.75) is 6.04 Å². The van der Waals surface area contributed by atoms with E-state index in [9.17, 15) is 13.6 Å². The normalized spacial score (nSPS) is 11.8. The molecule has 0 aliphatic heterocycles. The topological polar surface area (TPSA) is 38.3 Å². The summed E-state index contributed by atoms with van der Waals surface area (Å²) in [6.07, 6.45) is 0. The van der Waals surface area contributed by atoms with E-state index < -0.39 is 23.6 Å². The highest BCUT2D eigenvalue weighted by Crippen LogP contribution is 2.27. The lowest BCUT2D eigenvalue weighted by Crippen LogP contribution is -2.24. The Kier molecular flexibility index (Phi) is 4.75. The molecular formula is C15H12ClF2NO2. The lowest BCUT2D eigenvalue weighted by Gasteiger charge is -2.19. The number of hydrogen-bond donors (Lipinski definition) is 1. The molecule has 0 aromatic heterocycles. The van der Waals surface area contributed by atoms with Crippen LogP contribution in [0, 0.1) is 11.6 Å². The van der Waals surface area contributed by atoms with Crippen molar-refractivity contribution in [3.05, 3.63) is 64.7 Å². The molecule has 3 nitrogen and oxygen atoms in total. The molecule has 0 fully saturated rings. The third-order valence-electron chi connectivity index (χ3n) is 2.88. The van der Waals surface area contributed by atoms with Gasteiger partial charge >= 0.3 is 5.97 Å². The van der Waals surface area contributed by atoms with E-state index in [1.54, 1.807) is 6.07 Å². The van der Waals surface area contributed by atoms with E-state index in [-0.39, 0.29) is 16.3 Å². The smallest absolute Gasteiger partial charge is 0.333 e. The summed E-state index contributed by atoms with van der Waals surface area (Å²) in [5, 5.41) is 2.89. The van der Waals surface area contributed by atoms with Crippen LogP contribution in [0.2, 0.25) is 5.02 Å². The molecule has 1 N–H and O–H groups in total. The second-order valence-electron chi connectivity index (χ2n) is 4.25. The largest absolute Gasteiger partial charge is 0.467 e. The number of methoxy groups -OCH3 is 1. The number of ether oxygens (including phenoxy) is 1. The fourth-order valence-corrected chi connectivity index (χ4v) is 2.03. The zero-order valence-electron chi connectivity index (χ0n) is 11.1. The summed E-state index contributed by atoms with van der Waals surface area (Å²) in [7, 11) is 1.17. The van der Waals surface area contributed by atoms with Crippen molar-refractivity contribution in [1.82, 2.24) is 0 Å². The Labute approximate surface area is 125 Å². The number of hydrogen-bond acceptors (Lipinski definition) is 3. The zero-order valence-corrected chi connectivity index (χ0v) is 11.8. The number of carbonyl (C=O) groups is 1. The number of anilines is 1. The Morgan fingerprint density at radius 3 is 2.57 bits per heavy atom. The van der Waals surface area contributed by atoms with E-state index >= 15 is 0 Å². The van der Waals surface area contributed by atoms with Crippen molar-refractivity contribution in [3.63, 3.8) is 0 Å². The van der Waals surface area contributed by atoms with Gasteiger partial charge in [-0.2, -0.15) is 0 Å². The maximum absolute atomic E-state index is 13.9. The van der Waals surface area contributed by atoms with Crippen molar-refractivity contribution < 1.29 is 18.3 Å². The highest BCUT2D eigenvalue weighted by atomic mass is 35.5. The van der Waals surface area contributed by atoms with Gasteiger partial charge in [-0.05, 0) is 30.3 Å². The monoisotopic (exact) mass is 311 g/mol. The summed E-state index contributed by atoms with van der Waals surface area (Å²) < 4.78 is 32.2. The van der Waals surface area contributed by atoms with Crippen molar-refractivity contribution in [1.29, 1.82) is 0 Å². The first-order valence-corrected chi connectivity index (χ1v) is 6.44. The van der Waals surface area contributed by atoms with Crippen molar-refractivity contribution in [2.24, 2.45) is 0 Å². The molecular weight excluding hydrogens is 300 g/mol.